The molecule has 1 saturated heterocycles. The average molecular weight is 414 g/mol. The molecule has 7 heteroatoms. The number of rotatable bonds is 4. The van der Waals surface area contributed by atoms with Crippen LogP contribution in [-0.2, 0) is 11.3 Å². The maximum Gasteiger partial charge on any atom is 0.261 e. The molecule has 152 valence electrons. The van der Waals surface area contributed by atoms with Crippen LogP contribution in [0.1, 0.15) is 34.6 Å². The highest BCUT2D eigenvalue weighted by atomic mass is 32.1. The fourth-order valence-corrected chi connectivity index (χ4v) is 4.95. The van der Waals surface area contributed by atoms with Crippen LogP contribution in [-0.4, -0.2) is 36.2 Å². The second kappa shape index (κ2) is 8.08. The fourth-order valence-electron chi connectivity index (χ4n) is 3.81. The first-order valence-electron chi connectivity index (χ1n) is 9.73. The van der Waals surface area contributed by atoms with Crippen molar-refractivity contribution in [1.29, 1.82) is 0 Å². The molecule has 0 bridgehead atoms. The number of pyridine rings is 1. The minimum atomic E-state index is -0.290. The van der Waals surface area contributed by atoms with Gasteiger partial charge in [-0.15, -0.1) is 11.3 Å². The topological polar surface area (TPSA) is 54.5 Å². The van der Waals surface area contributed by atoms with Gasteiger partial charge >= 0.3 is 0 Å². The van der Waals surface area contributed by atoms with Gasteiger partial charge in [0.2, 0.25) is 0 Å². The van der Waals surface area contributed by atoms with Crippen molar-refractivity contribution in [3.63, 3.8) is 0 Å². The number of benzene rings is 1. The summed E-state index contributed by atoms with van der Waals surface area (Å²) >= 11 is 1.32. The predicted molar refractivity (Wildman–Crippen MR) is 114 cm³/mol. The van der Waals surface area contributed by atoms with E-state index in [1.54, 1.807) is 19.2 Å². The Morgan fingerprint density at radius 1 is 1.28 bits per heavy atom. The summed E-state index contributed by atoms with van der Waals surface area (Å²) in [4.78, 5) is 20.0. The van der Waals surface area contributed by atoms with E-state index < -0.39 is 0 Å². The minimum Gasteiger partial charge on any atom is -0.372 e. The number of anilines is 1. The van der Waals surface area contributed by atoms with E-state index in [4.69, 9.17) is 4.74 Å². The average Bonchev–Trinajstić information content (AvgIpc) is 3.04. The van der Waals surface area contributed by atoms with Gasteiger partial charge in [-0.25, -0.2) is 9.37 Å². The Labute approximate surface area is 173 Å². The number of aryl methyl sites for hydroxylation is 1. The Bertz CT molecular complexity index is 1020. The second-order valence-electron chi connectivity index (χ2n) is 7.54. The first-order chi connectivity index (χ1) is 13.9. The van der Waals surface area contributed by atoms with Gasteiger partial charge in [0.15, 0.2) is 0 Å². The molecule has 0 aliphatic carbocycles. The van der Waals surface area contributed by atoms with Gasteiger partial charge in [0.05, 0.1) is 17.1 Å². The van der Waals surface area contributed by atoms with Gasteiger partial charge in [-0.05, 0) is 50.1 Å². The van der Waals surface area contributed by atoms with E-state index >= 15 is 0 Å². The van der Waals surface area contributed by atoms with Crippen LogP contribution in [0.15, 0.2) is 36.5 Å². The Kier molecular flexibility index (Phi) is 5.52. The molecule has 1 aliphatic rings. The van der Waals surface area contributed by atoms with Crippen molar-refractivity contribution in [1.82, 2.24) is 10.3 Å². The van der Waals surface area contributed by atoms with Crippen LogP contribution in [0.25, 0.3) is 10.1 Å². The van der Waals surface area contributed by atoms with E-state index in [-0.39, 0.29) is 23.9 Å². The standard InChI is InChI=1S/C22H24FN3O2S/c1-13-11-26(12-14(2)28-13)19-8-7-16(9-24-19)10-25-22(27)21-15(3)20-17(23)5-4-6-18(20)29-21/h4-9,13-14H,10-12H2,1-3H3,(H,25,27). The lowest BCUT2D eigenvalue weighted by Crippen LogP contribution is -2.45. The lowest BCUT2D eigenvalue weighted by atomic mass is 10.1. The molecule has 1 aliphatic heterocycles. The van der Waals surface area contributed by atoms with E-state index in [0.29, 0.717) is 22.4 Å². The van der Waals surface area contributed by atoms with Gasteiger partial charge in [-0.3, -0.25) is 4.79 Å². The maximum absolute atomic E-state index is 14.1. The predicted octanol–water partition coefficient (Wildman–Crippen LogP) is 4.29. The Balaban J connectivity index is 1.42. The zero-order chi connectivity index (χ0) is 20.5. The van der Waals surface area contributed by atoms with E-state index in [1.807, 2.05) is 18.2 Å². The molecule has 3 aromatic rings. The number of halogens is 1. The second-order valence-corrected chi connectivity index (χ2v) is 8.59. The van der Waals surface area contributed by atoms with Crippen molar-refractivity contribution in [2.75, 3.05) is 18.0 Å². The molecule has 2 aromatic heterocycles. The Morgan fingerprint density at radius 2 is 2.03 bits per heavy atom. The number of fused-ring (bicyclic) bond motifs is 1. The van der Waals surface area contributed by atoms with Crippen molar-refractivity contribution in [2.24, 2.45) is 0 Å². The summed E-state index contributed by atoms with van der Waals surface area (Å²) in [7, 11) is 0. The molecule has 1 N–H and O–H groups in total. The van der Waals surface area contributed by atoms with Crippen LogP contribution in [0.2, 0.25) is 0 Å². The molecule has 2 atom stereocenters. The molecule has 0 spiro atoms. The van der Waals surface area contributed by atoms with Crippen molar-refractivity contribution in [3.05, 3.63) is 58.3 Å². The van der Waals surface area contributed by atoms with Gasteiger partial charge in [0.1, 0.15) is 11.6 Å². The van der Waals surface area contributed by atoms with Gasteiger partial charge in [-0.2, -0.15) is 0 Å². The highest BCUT2D eigenvalue weighted by molar-refractivity contribution is 7.21. The summed E-state index contributed by atoms with van der Waals surface area (Å²) in [6.45, 7) is 7.92. The lowest BCUT2D eigenvalue weighted by molar-refractivity contribution is -0.00546. The number of nitrogens with zero attached hydrogens (tertiary/aromatic N) is 2. The van der Waals surface area contributed by atoms with Gasteiger partial charge in [0.25, 0.3) is 5.91 Å². The molecule has 5 nitrogen and oxygen atoms in total. The summed E-state index contributed by atoms with van der Waals surface area (Å²) in [5.74, 6) is 0.433. The molecule has 1 aromatic carbocycles. The van der Waals surface area contributed by atoms with Gasteiger partial charge in [0, 0.05) is 35.9 Å². The number of carbonyl (C=O) groups is 1. The number of hydrogen-bond acceptors (Lipinski definition) is 5. The summed E-state index contributed by atoms with van der Waals surface area (Å²) < 4.78 is 20.6. The van der Waals surface area contributed by atoms with E-state index in [9.17, 15) is 9.18 Å². The number of morpholine rings is 1. The highest BCUT2D eigenvalue weighted by Gasteiger charge is 2.23. The smallest absolute Gasteiger partial charge is 0.261 e. The minimum absolute atomic E-state index is 0.175. The molecule has 1 amide bonds. The maximum atomic E-state index is 14.1. The molecule has 4 rings (SSSR count). The zero-order valence-corrected chi connectivity index (χ0v) is 17.6. The highest BCUT2D eigenvalue weighted by Crippen LogP contribution is 2.32. The quantitative estimate of drug-likeness (QED) is 0.693. The largest absolute Gasteiger partial charge is 0.372 e. The first-order valence-corrected chi connectivity index (χ1v) is 10.5. The molecular formula is C22H24FN3O2S. The summed E-state index contributed by atoms with van der Waals surface area (Å²) in [6, 6.07) is 8.88. The van der Waals surface area contributed by atoms with Crippen LogP contribution in [0.5, 0.6) is 0 Å². The van der Waals surface area contributed by atoms with Gasteiger partial charge < -0.3 is 15.0 Å². The van der Waals surface area contributed by atoms with Gasteiger partial charge in [-0.1, -0.05) is 12.1 Å². The Morgan fingerprint density at radius 3 is 2.69 bits per heavy atom. The number of aromatic nitrogens is 1. The van der Waals surface area contributed by atoms with E-state index in [0.717, 1.165) is 29.2 Å². The van der Waals surface area contributed by atoms with Crippen molar-refractivity contribution in [3.8, 4) is 0 Å². The number of amides is 1. The number of thiophene rings is 1. The summed E-state index contributed by atoms with van der Waals surface area (Å²) in [5.41, 5.74) is 1.60. The number of nitrogens with one attached hydrogen (secondary N) is 1. The fraction of sp³-hybridized carbons (Fsp3) is 0.364. The molecule has 1 fully saturated rings. The van der Waals surface area contributed by atoms with Crippen molar-refractivity contribution >= 4 is 33.1 Å². The van der Waals surface area contributed by atoms with Crippen molar-refractivity contribution in [2.45, 2.75) is 39.5 Å². The Hall–Kier alpha value is -2.51. The van der Waals surface area contributed by atoms with E-state index in [1.165, 1.54) is 17.4 Å². The molecule has 2 unspecified atom stereocenters. The lowest BCUT2D eigenvalue weighted by Gasteiger charge is -2.36. The number of carbonyl (C=O) groups excluding carboxylic acids is 1. The normalized spacial score (nSPS) is 19.5. The molecule has 3 heterocycles. The van der Waals surface area contributed by atoms with Crippen molar-refractivity contribution < 1.29 is 13.9 Å². The molecular weight excluding hydrogens is 389 g/mol. The monoisotopic (exact) mass is 413 g/mol. The summed E-state index contributed by atoms with van der Waals surface area (Å²) in [5, 5.41) is 3.46. The zero-order valence-electron chi connectivity index (χ0n) is 16.7. The third-order valence-corrected chi connectivity index (χ3v) is 6.37. The molecule has 29 heavy (non-hydrogen) atoms. The first kappa shape index (κ1) is 19.8. The van der Waals surface area contributed by atoms with Crippen LogP contribution in [0.4, 0.5) is 10.2 Å². The van der Waals surface area contributed by atoms with Crippen LogP contribution in [0.3, 0.4) is 0 Å². The SMILES string of the molecule is Cc1c(C(=O)NCc2ccc(N3CC(C)OC(C)C3)nc2)sc2cccc(F)c12. The number of hydrogen-bond donors (Lipinski definition) is 1. The van der Waals surface area contributed by atoms with E-state index in [2.05, 4.69) is 29.0 Å². The number of ether oxygens (including phenoxy) is 1. The van der Waals surface area contributed by atoms with Crippen LogP contribution >= 0.6 is 11.3 Å². The molecule has 0 radical (unpaired) electrons. The summed E-state index contributed by atoms with van der Waals surface area (Å²) in [6.07, 6.45) is 2.14. The van der Waals surface area contributed by atoms with Crippen LogP contribution in [0, 0.1) is 12.7 Å². The van der Waals surface area contributed by atoms with Crippen LogP contribution < -0.4 is 10.2 Å². The molecule has 0 saturated carbocycles. The third-order valence-electron chi connectivity index (χ3n) is 5.12. The third kappa shape index (κ3) is 4.11.